The molecule has 0 spiro atoms. The summed E-state index contributed by atoms with van der Waals surface area (Å²) in [6.07, 6.45) is 0. The molecule has 0 aliphatic carbocycles. The lowest BCUT2D eigenvalue weighted by Crippen LogP contribution is -3.13. The lowest BCUT2D eigenvalue weighted by Gasteiger charge is -2.28. The van der Waals surface area contributed by atoms with E-state index in [1.54, 1.807) is 23.9 Å². The summed E-state index contributed by atoms with van der Waals surface area (Å²) < 4.78 is 5.48. The zero-order valence-corrected chi connectivity index (χ0v) is 15.7. The highest BCUT2D eigenvalue weighted by atomic mass is 32.2. The largest absolute Gasteiger partial charge is 0.460 e. The number of nitrogens with one attached hydrogen (secondary N) is 1. The van der Waals surface area contributed by atoms with Crippen LogP contribution in [-0.4, -0.2) is 30.1 Å². The number of ether oxygens (including phenoxy) is 1. The van der Waals surface area contributed by atoms with E-state index in [0.717, 1.165) is 31.0 Å². The molecule has 0 saturated carbocycles. The fourth-order valence-electron chi connectivity index (χ4n) is 2.99. The van der Waals surface area contributed by atoms with Crippen molar-refractivity contribution in [3.8, 4) is 12.1 Å². The minimum Gasteiger partial charge on any atom is -0.460 e. The second-order valence-electron chi connectivity index (χ2n) is 6.47. The van der Waals surface area contributed by atoms with Crippen molar-refractivity contribution in [3.05, 3.63) is 70.8 Å². The Hall–Kier alpha value is -2.80. The predicted octanol–water partition coefficient (Wildman–Crippen LogP) is 1.67. The number of rotatable bonds is 5. The van der Waals surface area contributed by atoms with Crippen molar-refractivity contribution < 1.29 is 14.4 Å². The zero-order valence-electron chi connectivity index (χ0n) is 14.9. The summed E-state index contributed by atoms with van der Waals surface area (Å²) in [4.78, 5) is 13.8. The van der Waals surface area contributed by atoms with Crippen molar-refractivity contribution in [2.75, 3.05) is 18.8 Å². The summed E-state index contributed by atoms with van der Waals surface area (Å²) in [5, 5.41) is 17.5. The van der Waals surface area contributed by atoms with Crippen LogP contribution in [0.4, 0.5) is 0 Å². The summed E-state index contributed by atoms with van der Waals surface area (Å²) in [5.41, 5.74) is 3.30. The zero-order chi connectivity index (χ0) is 19.1. The van der Waals surface area contributed by atoms with E-state index in [0.29, 0.717) is 11.1 Å². The average Bonchev–Trinajstić information content (AvgIpc) is 2.73. The Bertz CT molecular complexity index is 866. The minimum absolute atomic E-state index is 0.162. The van der Waals surface area contributed by atoms with Gasteiger partial charge >= 0.3 is 5.97 Å². The maximum absolute atomic E-state index is 12.4. The van der Waals surface area contributed by atoms with Gasteiger partial charge in [0.2, 0.25) is 0 Å². The molecule has 27 heavy (non-hydrogen) atoms. The normalized spacial score (nSPS) is 18.9. The predicted molar refractivity (Wildman–Crippen MR) is 103 cm³/mol. The lowest BCUT2D eigenvalue weighted by molar-refractivity contribution is -0.911. The van der Waals surface area contributed by atoms with E-state index in [4.69, 9.17) is 15.3 Å². The van der Waals surface area contributed by atoms with E-state index < -0.39 is 0 Å². The molecule has 3 rings (SSSR count). The van der Waals surface area contributed by atoms with E-state index in [2.05, 4.69) is 12.1 Å². The number of hydrogen-bond acceptors (Lipinski definition) is 5. The van der Waals surface area contributed by atoms with Gasteiger partial charge in [-0.15, -0.1) is 11.8 Å². The van der Waals surface area contributed by atoms with Crippen LogP contribution in [0.3, 0.4) is 0 Å². The van der Waals surface area contributed by atoms with Crippen molar-refractivity contribution in [2.24, 2.45) is 0 Å². The van der Waals surface area contributed by atoms with E-state index in [1.165, 1.54) is 10.5 Å². The molecule has 1 aliphatic rings. The third-order valence-electron chi connectivity index (χ3n) is 4.51. The maximum atomic E-state index is 12.4. The number of nitriles is 2. The molecule has 0 amide bonds. The summed E-state index contributed by atoms with van der Waals surface area (Å²) in [7, 11) is 0. The molecule has 1 saturated heterocycles. The first-order chi connectivity index (χ1) is 13.2. The highest BCUT2D eigenvalue weighted by molar-refractivity contribution is 8.00. The molecule has 2 aromatic carbocycles. The van der Waals surface area contributed by atoms with Gasteiger partial charge in [-0.3, -0.25) is 4.79 Å². The molecule has 1 fully saturated rings. The Labute approximate surface area is 163 Å². The molecule has 0 bridgehead atoms. The Morgan fingerprint density at radius 1 is 1.04 bits per heavy atom. The third kappa shape index (κ3) is 5.34. The van der Waals surface area contributed by atoms with Crippen LogP contribution in [0, 0.1) is 22.7 Å². The minimum atomic E-state index is -0.179. The molecule has 1 N–H and O–H groups in total. The Balaban J connectivity index is 1.51. The summed E-state index contributed by atoms with van der Waals surface area (Å²) in [5.74, 6) is 0.740. The van der Waals surface area contributed by atoms with Gasteiger partial charge in [0, 0.05) is 11.3 Å². The van der Waals surface area contributed by atoms with Gasteiger partial charge < -0.3 is 9.64 Å². The van der Waals surface area contributed by atoms with Crippen LogP contribution >= 0.6 is 11.8 Å². The molecule has 2 atom stereocenters. The van der Waals surface area contributed by atoms with Crippen LogP contribution in [0.1, 0.15) is 22.3 Å². The van der Waals surface area contributed by atoms with Crippen LogP contribution < -0.4 is 4.90 Å². The maximum Gasteiger partial charge on any atom is 0.325 e. The summed E-state index contributed by atoms with van der Waals surface area (Å²) in [6, 6.07) is 18.9. The molecule has 6 heteroatoms. The Morgan fingerprint density at radius 3 is 2.22 bits per heavy atom. The smallest absolute Gasteiger partial charge is 0.325 e. The first-order valence-electron chi connectivity index (χ1n) is 8.78. The molecular weight excluding hydrogens is 358 g/mol. The van der Waals surface area contributed by atoms with Crippen LogP contribution in [0.5, 0.6) is 0 Å². The monoisotopic (exact) mass is 378 g/mol. The number of benzene rings is 2. The van der Waals surface area contributed by atoms with Crippen LogP contribution in [0.25, 0.3) is 0 Å². The highest BCUT2D eigenvalue weighted by Gasteiger charge is 2.30. The molecule has 5 nitrogen and oxygen atoms in total. The Morgan fingerprint density at radius 2 is 1.63 bits per heavy atom. The van der Waals surface area contributed by atoms with Gasteiger partial charge in [0.25, 0.3) is 0 Å². The molecule has 1 aliphatic heterocycles. The molecular formula is C21H20N3O2S+. The van der Waals surface area contributed by atoms with Gasteiger partial charge in [-0.2, -0.15) is 10.5 Å². The lowest BCUT2D eigenvalue weighted by atomic mass is 10.1. The first-order valence-corrected chi connectivity index (χ1v) is 9.82. The summed E-state index contributed by atoms with van der Waals surface area (Å²) >= 11 is 1.65. The molecule has 0 radical (unpaired) electrons. The molecule has 1 heterocycles. The van der Waals surface area contributed by atoms with Gasteiger partial charge in [-0.05, 0) is 29.8 Å². The number of hydrogen-bond donors (Lipinski definition) is 1. The second-order valence-corrected chi connectivity index (χ2v) is 7.78. The number of carbonyl (C=O) groups excluding carboxylic acids is 1. The number of quaternary nitrogens is 1. The van der Waals surface area contributed by atoms with Crippen LogP contribution in [0.15, 0.2) is 48.5 Å². The topological polar surface area (TPSA) is 78.3 Å². The van der Waals surface area contributed by atoms with Gasteiger partial charge in [-0.1, -0.05) is 24.3 Å². The van der Waals surface area contributed by atoms with Crippen molar-refractivity contribution in [3.63, 3.8) is 0 Å². The standard InChI is InChI=1S/C21H19N3O2S/c22-11-16-1-5-18(6-2-16)13-24-9-10-27-20(14-24)21(25)26-15-19-7-3-17(12-23)4-8-19/h1-8,20H,9-10,13-15H2/p+1/t20-/m1/s1. The fourth-order valence-corrected chi connectivity index (χ4v) is 4.24. The van der Waals surface area contributed by atoms with Crippen molar-refractivity contribution in [1.82, 2.24) is 0 Å². The number of esters is 1. The van der Waals surface area contributed by atoms with Crippen molar-refractivity contribution >= 4 is 17.7 Å². The van der Waals surface area contributed by atoms with E-state index in [1.807, 2.05) is 36.4 Å². The average molecular weight is 378 g/mol. The van der Waals surface area contributed by atoms with Gasteiger partial charge in [0.15, 0.2) is 5.25 Å². The van der Waals surface area contributed by atoms with Crippen LogP contribution in [0.2, 0.25) is 0 Å². The number of thioether (sulfide) groups is 1. The highest BCUT2D eigenvalue weighted by Crippen LogP contribution is 2.15. The van der Waals surface area contributed by atoms with Crippen LogP contribution in [-0.2, 0) is 22.7 Å². The first kappa shape index (κ1) is 19.0. The third-order valence-corrected chi connectivity index (χ3v) is 5.71. The number of nitrogens with zero attached hydrogens (tertiary/aromatic N) is 2. The summed E-state index contributed by atoms with van der Waals surface area (Å²) in [6.45, 7) is 2.80. The van der Waals surface area contributed by atoms with Gasteiger partial charge in [0.05, 0.1) is 29.8 Å². The Kier molecular flexibility index (Phi) is 6.49. The molecule has 2 aromatic rings. The second kappa shape index (κ2) is 9.23. The van der Waals surface area contributed by atoms with Crippen molar-refractivity contribution in [1.29, 1.82) is 10.5 Å². The fraction of sp³-hybridized carbons (Fsp3) is 0.286. The molecule has 0 aromatic heterocycles. The quantitative estimate of drug-likeness (QED) is 0.801. The number of carbonyl (C=O) groups is 1. The van der Waals surface area contributed by atoms with E-state index >= 15 is 0 Å². The van der Waals surface area contributed by atoms with E-state index in [-0.39, 0.29) is 17.8 Å². The van der Waals surface area contributed by atoms with Gasteiger partial charge in [-0.25, -0.2) is 0 Å². The van der Waals surface area contributed by atoms with Crippen molar-refractivity contribution in [2.45, 2.75) is 18.4 Å². The molecule has 136 valence electrons. The SMILES string of the molecule is N#Cc1ccc(COC(=O)[C@H]2C[NH+](Cc3ccc(C#N)cc3)CCS2)cc1. The molecule has 1 unspecified atom stereocenters. The van der Waals surface area contributed by atoms with E-state index in [9.17, 15) is 4.79 Å². The van der Waals surface area contributed by atoms with Gasteiger partial charge in [0.1, 0.15) is 19.7 Å².